The van der Waals surface area contributed by atoms with Gasteiger partial charge in [0.2, 0.25) is 5.91 Å². The Bertz CT molecular complexity index is 1400. The predicted octanol–water partition coefficient (Wildman–Crippen LogP) is 4.91. The van der Waals surface area contributed by atoms with Gasteiger partial charge in [-0.2, -0.15) is 0 Å². The van der Waals surface area contributed by atoms with Crippen molar-refractivity contribution < 1.29 is 9.59 Å². The van der Waals surface area contributed by atoms with Gasteiger partial charge in [-0.25, -0.2) is 0 Å². The minimum atomic E-state index is -0.310. The second-order valence-corrected chi connectivity index (χ2v) is 11.2. The Kier molecular flexibility index (Phi) is 9.44. The number of nitrogens with zero attached hydrogens (tertiary/aromatic N) is 2. The normalized spacial score (nSPS) is 17.7. The molecule has 41 heavy (non-hydrogen) atoms. The monoisotopic (exact) mass is 548 g/mol. The highest BCUT2D eigenvalue weighted by atomic mass is 16.2. The van der Waals surface area contributed by atoms with Crippen LogP contribution in [0.2, 0.25) is 0 Å². The molecule has 0 aromatic heterocycles. The third kappa shape index (κ3) is 7.40. The molecule has 2 amide bonds. The topological polar surface area (TPSA) is 64.7 Å². The van der Waals surface area contributed by atoms with Crippen LogP contribution in [0.25, 0.3) is 10.8 Å². The maximum Gasteiger partial charge on any atom is 0.251 e. The largest absolute Gasteiger partial charge is 0.350 e. The smallest absolute Gasteiger partial charge is 0.251 e. The zero-order valence-corrected chi connectivity index (χ0v) is 24.0. The van der Waals surface area contributed by atoms with Crippen LogP contribution in [0.15, 0.2) is 103 Å². The van der Waals surface area contributed by atoms with Gasteiger partial charge in [0, 0.05) is 37.2 Å². The first-order valence-corrected chi connectivity index (χ1v) is 14.5. The molecule has 1 saturated heterocycles. The van der Waals surface area contributed by atoms with Crippen molar-refractivity contribution in [3.05, 3.63) is 120 Å². The molecule has 2 atom stereocenters. The SMILES string of the molecule is CN(C)CC[C@H]1N[C@@H](CNC(=O)c2ccc3ccccc3c2)CCN(CC(c2ccccc2)c2ccccc2)C1=O. The molecule has 0 radical (unpaired) electrons. The lowest BCUT2D eigenvalue weighted by atomic mass is 9.90. The molecule has 4 aromatic rings. The first kappa shape index (κ1) is 28.5. The van der Waals surface area contributed by atoms with Crippen molar-refractivity contribution in [3.8, 4) is 0 Å². The zero-order valence-electron chi connectivity index (χ0n) is 24.0. The van der Waals surface area contributed by atoms with Crippen LogP contribution >= 0.6 is 0 Å². The van der Waals surface area contributed by atoms with Gasteiger partial charge in [0.15, 0.2) is 0 Å². The van der Waals surface area contributed by atoms with Crippen LogP contribution in [0, 0.1) is 0 Å². The fourth-order valence-corrected chi connectivity index (χ4v) is 5.66. The van der Waals surface area contributed by atoms with E-state index in [1.807, 2.05) is 73.6 Å². The van der Waals surface area contributed by atoms with Crippen LogP contribution in [-0.2, 0) is 4.79 Å². The van der Waals surface area contributed by atoms with Gasteiger partial charge < -0.3 is 20.4 Å². The Morgan fingerprint density at radius 2 is 1.54 bits per heavy atom. The molecule has 0 saturated carbocycles. The molecule has 2 N–H and O–H groups in total. The van der Waals surface area contributed by atoms with Gasteiger partial charge >= 0.3 is 0 Å². The van der Waals surface area contributed by atoms with Crippen LogP contribution in [0.1, 0.15) is 40.2 Å². The van der Waals surface area contributed by atoms with Gasteiger partial charge in [0.25, 0.3) is 5.91 Å². The van der Waals surface area contributed by atoms with Gasteiger partial charge in [-0.1, -0.05) is 91.0 Å². The second-order valence-electron chi connectivity index (χ2n) is 11.2. The Morgan fingerprint density at radius 3 is 2.20 bits per heavy atom. The summed E-state index contributed by atoms with van der Waals surface area (Å²) in [5.74, 6) is 0.120. The minimum Gasteiger partial charge on any atom is -0.350 e. The third-order valence-electron chi connectivity index (χ3n) is 7.99. The zero-order chi connectivity index (χ0) is 28.6. The number of nitrogens with one attached hydrogen (secondary N) is 2. The maximum atomic E-state index is 13.9. The summed E-state index contributed by atoms with van der Waals surface area (Å²) in [6, 6.07) is 34.4. The number of hydrogen-bond acceptors (Lipinski definition) is 4. The molecule has 6 heteroatoms. The van der Waals surface area contributed by atoms with E-state index in [9.17, 15) is 9.59 Å². The van der Waals surface area contributed by atoms with Gasteiger partial charge in [-0.3, -0.25) is 9.59 Å². The molecular weight excluding hydrogens is 508 g/mol. The van der Waals surface area contributed by atoms with E-state index in [0.717, 1.165) is 23.7 Å². The van der Waals surface area contributed by atoms with E-state index in [2.05, 4.69) is 64.1 Å². The Hall–Kier alpha value is -4.00. The highest BCUT2D eigenvalue weighted by Crippen LogP contribution is 2.27. The fraction of sp³-hybridized carbons (Fsp3) is 0.314. The van der Waals surface area contributed by atoms with E-state index < -0.39 is 0 Å². The Balaban J connectivity index is 1.31. The number of rotatable bonds is 10. The summed E-state index contributed by atoms with van der Waals surface area (Å²) in [5, 5.41) is 8.89. The lowest BCUT2D eigenvalue weighted by Gasteiger charge is -2.29. The lowest BCUT2D eigenvalue weighted by Crippen LogP contribution is -2.50. The van der Waals surface area contributed by atoms with Crippen molar-refractivity contribution >= 4 is 22.6 Å². The molecule has 0 unspecified atom stereocenters. The molecule has 5 rings (SSSR count). The second kappa shape index (κ2) is 13.6. The van der Waals surface area contributed by atoms with Crippen molar-refractivity contribution in [1.29, 1.82) is 0 Å². The molecule has 1 aliphatic heterocycles. The summed E-state index contributed by atoms with van der Waals surface area (Å²) in [6.45, 7) is 2.51. The van der Waals surface area contributed by atoms with E-state index in [1.165, 1.54) is 11.1 Å². The molecule has 0 spiro atoms. The van der Waals surface area contributed by atoms with E-state index in [4.69, 9.17) is 0 Å². The lowest BCUT2D eigenvalue weighted by molar-refractivity contribution is -0.133. The molecular formula is C35H40N4O2. The number of fused-ring (bicyclic) bond motifs is 1. The van der Waals surface area contributed by atoms with E-state index in [-0.39, 0.29) is 29.8 Å². The average molecular weight is 549 g/mol. The average Bonchev–Trinajstić information content (AvgIpc) is 3.16. The number of hydrogen-bond donors (Lipinski definition) is 2. The summed E-state index contributed by atoms with van der Waals surface area (Å²) >= 11 is 0. The van der Waals surface area contributed by atoms with E-state index in [1.54, 1.807) is 0 Å². The Morgan fingerprint density at radius 1 is 0.902 bits per heavy atom. The first-order valence-electron chi connectivity index (χ1n) is 14.5. The maximum absolute atomic E-state index is 13.9. The van der Waals surface area contributed by atoms with Crippen molar-refractivity contribution in [3.63, 3.8) is 0 Å². The van der Waals surface area contributed by atoms with E-state index >= 15 is 0 Å². The highest BCUT2D eigenvalue weighted by molar-refractivity contribution is 5.98. The van der Waals surface area contributed by atoms with Gasteiger partial charge in [0.05, 0.1) is 6.04 Å². The summed E-state index contributed by atoms with van der Waals surface area (Å²) in [5.41, 5.74) is 3.05. The first-order chi connectivity index (χ1) is 20.0. The van der Waals surface area contributed by atoms with Gasteiger partial charge in [-0.15, -0.1) is 0 Å². The predicted molar refractivity (Wildman–Crippen MR) is 166 cm³/mol. The minimum absolute atomic E-state index is 0.00702. The summed E-state index contributed by atoms with van der Waals surface area (Å²) in [4.78, 5) is 31.2. The third-order valence-corrected chi connectivity index (χ3v) is 7.99. The standard InChI is InChI=1S/C35H40N4O2/c1-38(2)21-20-33-35(41)39(25-32(27-12-5-3-6-13-27)28-14-7-4-8-15-28)22-19-31(37-33)24-36-34(40)30-18-17-26-11-9-10-16-29(26)23-30/h3-18,23,31-33,37H,19-22,24-25H2,1-2H3,(H,36,40)/t31-,33-/m1/s1. The highest BCUT2D eigenvalue weighted by Gasteiger charge is 2.32. The summed E-state index contributed by atoms with van der Waals surface area (Å²) in [7, 11) is 4.06. The van der Waals surface area contributed by atoms with Crippen LogP contribution in [0.5, 0.6) is 0 Å². The van der Waals surface area contributed by atoms with Crippen molar-refractivity contribution in [2.24, 2.45) is 0 Å². The summed E-state index contributed by atoms with van der Waals surface area (Å²) < 4.78 is 0. The molecule has 0 bridgehead atoms. The number of carbonyl (C=O) groups excluding carboxylic acids is 2. The molecule has 6 nitrogen and oxygen atoms in total. The Labute approximate surface area is 243 Å². The van der Waals surface area contributed by atoms with E-state index in [0.29, 0.717) is 31.6 Å². The van der Waals surface area contributed by atoms with Crippen LogP contribution in [-0.4, -0.2) is 74.0 Å². The number of carbonyl (C=O) groups is 2. The molecule has 4 aromatic carbocycles. The molecule has 1 fully saturated rings. The fourth-order valence-electron chi connectivity index (χ4n) is 5.66. The van der Waals surface area contributed by atoms with Crippen molar-refractivity contribution in [2.45, 2.75) is 30.8 Å². The molecule has 0 aliphatic carbocycles. The van der Waals surface area contributed by atoms with Crippen LogP contribution in [0.3, 0.4) is 0 Å². The summed E-state index contributed by atoms with van der Waals surface area (Å²) in [6.07, 6.45) is 1.47. The van der Waals surface area contributed by atoms with Gasteiger partial charge in [-0.05, 0) is 67.5 Å². The molecule has 1 heterocycles. The number of amides is 2. The molecule has 212 valence electrons. The van der Waals surface area contributed by atoms with Crippen LogP contribution < -0.4 is 10.6 Å². The van der Waals surface area contributed by atoms with Crippen molar-refractivity contribution in [2.75, 3.05) is 40.3 Å². The van der Waals surface area contributed by atoms with Gasteiger partial charge in [0.1, 0.15) is 0 Å². The number of benzene rings is 4. The quantitative estimate of drug-likeness (QED) is 0.296. The van der Waals surface area contributed by atoms with Crippen LogP contribution in [0.4, 0.5) is 0 Å². The van der Waals surface area contributed by atoms with Crippen molar-refractivity contribution in [1.82, 2.24) is 20.4 Å². The molecule has 1 aliphatic rings.